The molecule has 4 nitrogen and oxygen atoms in total. The van der Waals surface area contributed by atoms with Crippen LogP contribution in [0.15, 0.2) is 60.7 Å². The number of ether oxygens (including phenoxy) is 2. The van der Waals surface area contributed by atoms with Gasteiger partial charge in [0.05, 0.1) is 11.1 Å². The fraction of sp³-hybridized carbons (Fsp3) is 0.391. The Kier molecular flexibility index (Phi) is 7.17. The van der Waals surface area contributed by atoms with E-state index in [1.807, 2.05) is 32.9 Å². The van der Waals surface area contributed by atoms with Crippen LogP contribution in [0.5, 0.6) is 0 Å². The second kappa shape index (κ2) is 9.36. The molecule has 2 atom stereocenters. The highest BCUT2D eigenvalue weighted by Crippen LogP contribution is 2.36. The lowest BCUT2D eigenvalue weighted by Crippen LogP contribution is -2.44. The predicted octanol–water partition coefficient (Wildman–Crippen LogP) is 5.28. The molecule has 0 N–H and O–H groups in total. The van der Waals surface area contributed by atoms with E-state index in [1.54, 1.807) is 48.5 Å². The van der Waals surface area contributed by atoms with Crippen LogP contribution in [-0.4, -0.2) is 24.1 Å². The highest BCUT2D eigenvalue weighted by molar-refractivity contribution is 5.90. The summed E-state index contributed by atoms with van der Waals surface area (Å²) in [5.41, 5.74) is 0.526. The molecule has 4 heteroatoms. The summed E-state index contributed by atoms with van der Waals surface area (Å²) in [6, 6.07) is 17.8. The van der Waals surface area contributed by atoms with Crippen molar-refractivity contribution in [3.63, 3.8) is 0 Å². The minimum atomic E-state index is -0.496. The van der Waals surface area contributed by atoms with Crippen molar-refractivity contribution < 1.29 is 19.1 Å². The van der Waals surface area contributed by atoms with Gasteiger partial charge in [0.1, 0.15) is 12.2 Å². The highest BCUT2D eigenvalue weighted by Gasteiger charge is 2.41. The molecule has 0 aliphatic carbocycles. The number of rotatable bonds is 8. The monoisotopic (exact) mass is 368 g/mol. The Balaban J connectivity index is 2.11. The lowest BCUT2D eigenvalue weighted by atomic mass is 9.76. The van der Waals surface area contributed by atoms with Crippen molar-refractivity contribution in [1.29, 1.82) is 0 Å². The molecule has 0 heterocycles. The Morgan fingerprint density at radius 2 is 1.19 bits per heavy atom. The van der Waals surface area contributed by atoms with Gasteiger partial charge < -0.3 is 9.47 Å². The van der Waals surface area contributed by atoms with E-state index in [9.17, 15) is 9.59 Å². The number of hydrogen-bond acceptors (Lipinski definition) is 4. The molecule has 0 fully saturated rings. The first-order valence-corrected chi connectivity index (χ1v) is 9.40. The van der Waals surface area contributed by atoms with Crippen molar-refractivity contribution in [2.45, 2.75) is 52.7 Å². The van der Waals surface area contributed by atoms with Gasteiger partial charge in [-0.2, -0.15) is 0 Å². The van der Waals surface area contributed by atoms with Crippen molar-refractivity contribution in [3.8, 4) is 0 Å². The van der Waals surface area contributed by atoms with E-state index in [1.165, 1.54) is 0 Å². The molecule has 0 radical (unpaired) electrons. The maximum absolute atomic E-state index is 12.4. The van der Waals surface area contributed by atoms with Gasteiger partial charge in [0.25, 0.3) is 0 Å². The van der Waals surface area contributed by atoms with Gasteiger partial charge in [0.15, 0.2) is 0 Å². The molecule has 0 saturated carbocycles. The summed E-state index contributed by atoms with van der Waals surface area (Å²) in [4.78, 5) is 24.9. The molecule has 2 unspecified atom stereocenters. The molecule has 0 amide bonds. The van der Waals surface area contributed by atoms with Gasteiger partial charge >= 0.3 is 11.9 Å². The fourth-order valence-corrected chi connectivity index (χ4v) is 3.15. The molecule has 0 bridgehead atoms. The van der Waals surface area contributed by atoms with Crippen molar-refractivity contribution in [1.82, 2.24) is 0 Å². The minimum Gasteiger partial charge on any atom is -0.458 e. The largest absolute Gasteiger partial charge is 0.458 e. The molecule has 27 heavy (non-hydrogen) atoms. The number of benzene rings is 2. The molecular weight excluding hydrogens is 340 g/mol. The maximum Gasteiger partial charge on any atom is 0.338 e. The molecule has 144 valence electrons. The first-order valence-electron chi connectivity index (χ1n) is 9.40. The van der Waals surface area contributed by atoms with Gasteiger partial charge in [-0.25, -0.2) is 9.59 Å². The van der Waals surface area contributed by atoms with Crippen LogP contribution in [0, 0.1) is 5.41 Å². The summed E-state index contributed by atoms with van der Waals surface area (Å²) in [7, 11) is 0. The number of esters is 2. The topological polar surface area (TPSA) is 52.6 Å². The van der Waals surface area contributed by atoms with E-state index in [0.717, 1.165) is 12.8 Å². The first kappa shape index (κ1) is 20.7. The summed E-state index contributed by atoms with van der Waals surface area (Å²) in [5.74, 6) is -0.737. The van der Waals surface area contributed by atoms with Crippen LogP contribution in [-0.2, 0) is 9.47 Å². The second-order valence-electron chi connectivity index (χ2n) is 7.08. The minimum absolute atomic E-state index is 0.369. The number of carbonyl (C=O) groups is 2. The third-order valence-electron chi connectivity index (χ3n) is 5.23. The first-order chi connectivity index (χ1) is 12.9. The van der Waals surface area contributed by atoms with E-state index in [-0.39, 0.29) is 11.9 Å². The van der Waals surface area contributed by atoms with Gasteiger partial charge in [0.2, 0.25) is 0 Å². The summed E-state index contributed by atoms with van der Waals surface area (Å²) >= 11 is 0. The van der Waals surface area contributed by atoms with E-state index < -0.39 is 17.6 Å². The molecule has 0 aliphatic heterocycles. The van der Waals surface area contributed by atoms with Gasteiger partial charge in [0, 0.05) is 5.41 Å². The number of carbonyl (C=O) groups excluding carboxylic acids is 2. The van der Waals surface area contributed by atoms with Crippen molar-refractivity contribution >= 4 is 11.9 Å². The maximum atomic E-state index is 12.4. The van der Waals surface area contributed by atoms with Gasteiger partial charge in [-0.05, 0) is 44.5 Å². The normalized spacial score (nSPS) is 15.3. The Morgan fingerprint density at radius 1 is 0.815 bits per heavy atom. The van der Waals surface area contributed by atoms with Crippen molar-refractivity contribution in [3.05, 3.63) is 71.8 Å². The van der Waals surface area contributed by atoms with Crippen LogP contribution in [0.3, 0.4) is 0 Å². The zero-order valence-electron chi connectivity index (χ0n) is 16.5. The molecule has 0 saturated heterocycles. The van der Waals surface area contributed by atoms with E-state index >= 15 is 0 Å². The summed E-state index contributed by atoms with van der Waals surface area (Å²) in [6.45, 7) is 7.80. The van der Waals surface area contributed by atoms with Crippen LogP contribution in [0.25, 0.3) is 0 Å². The van der Waals surface area contributed by atoms with E-state index in [2.05, 4.69) is 6.92 Å². The smallest absolute Gasteiger partial charge is 0.338 e. The SMILES string of the molecule is CCCC(C)(C(C)OC(=O)c1ccccc1)C(C)OC(=O)c1ccccc1. The third-order valence-corrected chi connectivity index (χ3v) is 5.23. The fourth-order valence-electron chi connectivity index (χ4n) is 3.15. The zero-order chi connectivity index (χ0) is 19.9. The average molecular weight is 368 g/mol. The van der Waals surface area contributed by atoms with Gasteiger partial charge in [-0.3, -0.25) is 0 Å². The molecule has 0 aromatic heterocycles. The van der Waals surface area contributed by atoms with Crippen LogP contribution in [0.4, 0.5) is 0 Å². The van der Waals surface area contributed by atoms with Crippen LogP contribution in [0.1, 0.15) is 61.3 Å². The Bertz CT molecular complexity index is 680. The summed E-state index contributed by atoms with van der Waals surface area (Å²) in [6.07, 6.45) is 0.823. The predicted molar refractivity (Wildman–Crippen MR) is 106 cm³/mol. The quantitative estimate of drug-likeness (QED) is 0.595. The van der Waals surface area contributed by atoms with Crippen molar-refractivity contribution in [2.24, 2.45) is 5.41 Å². The molecule has 2 aromatic carbocycles. The molecule has 0 aliphatic rings. The Hall–Kier alpha value is -2.62. The van der Waals surface area contributed by atoms with Crippen LogP contribution >= 0.6 is 0 Å². The highest BCUT2D eigenvalue weighted by atomic mass is 16.6. The van der Waals surface area contributed by atoms with Gasteiger partial charge in [-0.15, -0.1) is 0 Å². The Morgan fingerprint density at radius 3 is 1.52 bits per heavy atom. The van der Waals surface area contributed by atoms with Crippen LogP contribution in [0.2, 0.25) is 0 Å². The Labute approximate surface area is 161 Å². The van der Waals surface area contributed by atoms with Crippen LogP contribution < -0.4 is 0 Å². The summed E-state index contributed by atoms with van der Waals surface area (Å²) < 4.78 is 11.5. The molecule has 0 spiro atoms. The van der Waals surface area contributed by atoms with E-state index in [0.29, 0.717) is 11.1 Å². The van der Waals surface area contributed by atoms with E-state index in [4.69, 9.17) is 9.47 Å². The van der Waals surface area contributed by atoms with Crippen molar-refractivity contribution in [2.75, 3.05) is 0 Å². The lowest BCUT2D eigenvalue weighted by molar-refractivity contribution is -0.0716. The second-order valence-corrected chi connectivity index (χ2v) is 7.08. The number of hydrogen-bond donors (Lipinski definition) is 0. The molecule has 2 aromatic rings. The average Bonchev–Trinajstić information content (AvgIpc) is 2.69. The summed E-state index contributed by atoms with van der Waals surface area (Å²) in [5, 5.41) is 0. The zero-order valence-corrected chi connectivity index (χ0v) is 16.5. The lowest BCUT2D eigenvalue weighted by Gasteiger charge is -2.39. The standard InChI is InChI=1S/C23H28O4/c1-5-16-23(4,17(2)26-21(24)19-12-8-6-9-13-19)18(3)27-22(25)20-14-10-7-11-15-20/h6-15,17-18H,5,16H2,1-4H3. The molecular formula is C23H28O4. The molecule has 2 rings (SSSR count). The third kappa shape index (κ3) is 5.19. The van der Waals surface area contributed by atoms with Gasteiger partial charge in [-0.1, -0.05) is 56.7 Å².